The second-order valence-electron chi connectivity index (χ2n) is 3.59. The Morgan fingerprint density at radius 1 is 1.11 bits per heavy atom. The molecule has 0 unspecified atom stereocenters. The first-order valence-corrected chi connectivity index (χ1v) is 5.95. The van der Waals surface area contributed by atoms with Crippen molar-refractivity contribution in [2.75, 3.05) is 5.32 Å². The van der Waals surface area contributed by atoms with Gasteiger partial charge in [-0.05, 0) is 34.1 Å². The molecule has 0 saturated carbocycles. The van der Waals surface area contributed by atoms with E-state index in [0.29, 0.717) is 11.4 Å². The molecule has 3 nitrogen and oxygen atoms in total. The van der Waals surface area contributed by atoms with Crippen LogP contribution in [-0.2, 0) is 0 Å². The highest BCUT2D eigenvalue weighted by Crippen LogP contribution is 2.27. The molecule has 0 saturated heterocycles. The molecule has 1 heterocycles. The number of nitrogens with one attached hydrogen (secondary N) is 1. The third-order valence-electron chi connectivity index (χ3n) is 2.06. The van der Waals surface area contributed by atoms with Crippen LogP contribution in [0.25, 0.3) is 0 Å². The summed E-state index contributed by atoms with van der Waals surface area (Å²) < 4.78 is 40.9. The lowest BCUT2D eigenvalue weighted by Crippen LogP contribution is -2.17. The van der Waals surface area contributed by atoms with Crippen molar-refractivity contribution in [2.24, 2.45) is 0 Å². The van der Waals surface area contributed by atoms with Crippen LogP contribution in [0.3, 0.4) is 0 Å². The summed E-state index contributed by atoms with van der Waals surface area (Å²) in [7, 11) is 0. The minimum Gasteiger partial charge on any atom is -0.406 e. The lowest BCUT2D eigenvalue weighted by atomic mass is 10.3. The van der Waals surface area contributed by atoms with Crippen LogP contribution in [0.4, 0.5) is 24.5 Å². The number of benzene rings is 1. The number of hydrogen-bond donors (Lipinski definition) is 1. The molecule has 0 bridgehead atoms. The Kier molecular flexibility index (Phi) is 3.94. The summed E-state index contributed by atoms with van der Waals surface area (Å²) in [6.07, 6.45) is -1.54. The van der Waals surface area contributed by atoms with Gasteiger partial charge in [-0.3, -0.25) is 4.98 Å². The van der Waals surface area contributed by atoms with E-state index in [4.69, 9.17) is 0 Å². The van der Waals surface area contributed by atoms with Crippen molar-refractivity contribution < 1.29 is 17.9 Å². The summed E-state index contributed by atoms with van der Waals surface area (Å²) in [5.41, 5.74) is 1.13. The van der Waals surface area contributed by atoms with Crippen molar-refractivity contribution in [1.29, 1.82) is 0 Å². The molecule has 2 rings (SSSR count). The highest BCUT2D eigenvalue weighted by molar-refractivity contribution is 9.10. The maximum absolute atomic E-state index is 12.1. The Bertz CT molecular complexity index is 575. The van der Waals surface area contributed by atoms with E-state index in [9.17, 15) is 13.2 Å². The molecule has 0 amide bonds. The fourth-order valence-electron chi connectivity index (χ4n) is 1.42. The van der Waals surface area contributed by atoms with Crippen LogP contribution in [0.15, 0.2) is 47.2 Å². The van der Waals surface area contributed by atoms with Gasteiger partial charge in [0.2, 0.25) is 0 Å². The second kappa shape index (κ2) is 5.48. The maximum atomic E-state index is 12.1. The number of nitrogens with zero attached hydrogens (tertiary/aromatic N) is 1. The molecule has 1 N–H and O–H groups in total. The number of halogens is 4. The summed E-state index contributed by atoms with van der Waals surface area (Å²) in [5.74, 6) is -0.277. The third kappa shape index (κ3) is 4.44. The molecule has 2 aromatic rings. The molecule has 7 heteroatoms. The first kappa shape index (κ1) is 13.7. The Labute approximate surface area is 115 Å². The van der Waals surface area contributed by atoms with Crippen LogP contribution < -0.4 is 10.1 Å². The van der Waals surface area contributed by atoms with Gasteiger partial charge in [-0.1, -0.05) is 6.07 Å². The minimum atomic E-state index is -4.70. The number of ether oxygens (including phenoxy) is 1. The molecule has 0 radical (unpaired) electrons. The van der Waals surface area contributed by atoms with E-state index in [0.717, 1.165) is 4.47 Å². The van der Waals surface area contributed by atoms with Crippen molar-refractivity contribution in [3.63, 3.8) is 0 Å². The van der Waals surface area contributed by atoms with Crippen LogP contribution in [-0.4, -0.2) is 11.3 Å². The van der Waals surface area contributed by atoms with Crippen molar-refractivity contribution in [2.45, 2.75) is 6.36 Å². The number of rotatable bonds is 3. The van der Waals surface area contributed by atoms with Crippen molar-refractivity contribution >= 4 is 27.3 Å². The SMILES string of the molecule is FC(F)(F)Oc1cccc(Nc2cncc(Br)c2)c1. The monoisotopic (exact) mass is 332 g/mol. The van der Waals surface area contributed by atoms with Gasteiger partial charge in [0.25, 0.3) is 0 Å². The maximum Gasteiger partial charge on any atom is 0.573 e. The smallest absolute Gasteiger partial charge is 0.406 e. The van der Waals surface area contributed by atoms with Gasteiger partial charge >= 0.3 is 6.36 Å². The van der Waals surface area contributed by atoms with Crippen molar-refractivity contribution in [1.82, 2.24) is 4.98 Å². The largest absolute Gasteiger partial charge is 0.573 e. The second-order valence-corrected chi connectivity index (χ2v) is 4.51. The van der Waals surface area contributed by atoms with E-state index < -0.39 is 6.36 Å². The Balaban J connectivity index is 2.15. The van der Waals surface area contributed by atoms with Gasteiger partial charge in [-0.25, -0.2) is 0 Å². The van der Waals surface area contributed by atoms with Gasteiger partial charge in [-0.15, -0.1) is 13.2 Å². The number of aromatic nitrogens is 1. The zero-order chi connectivity index (χ0) is 13.9. The van der Waals surface area contributed by atoms with Crippen molar-refractivity contribution in [3.05, 3.63) is 47.2 Å². The van der Waals surface area contributed by atoms with E-state index >= 15 is 0 Å². The number of alkyl halides is 3. The third-order valence-corrected chi connectivity index (χ3v) is 2.49. The number of pyridine rings is 1. The van der Waals surface area contributed by atoms with Crippen molar-refractivity contribution in [3.8, 4) is 5.75 Å². The van der Waals surface area contributed by atoms with E-state index in [-0.39, 0.29) is 5.75 Å². The summed E-state index contributed by atoms with van der Waals surface area (Å²) in [5, 5.41) is 2.93. The molecule has 0 aliphatic carbocycles. The topological polar surface area (TPSA) is 34.1 Å². The zero-order valence-corrected chi connectivity index (χ0v) is 11.0. The lowest BCUT2D eigenvalue weighted by Gasteiger charge is -2.11. The summed E-state index contributed by atoms with van der Waals surface area (Å²) in [4.78, 5) is 3.94. The van der Waals surface area contributed by atoms with Gasteiger partial charge in [0.05, 0.1) is 11.9 Å². The van der Waals surface area contributed by atoms with Gasteiger partial charge in [0, 0.05) is 22.4 Å². The van der Waals surface area contributed by atoms with Gasteiger partial charge in [0.1, 0.15) is 5.75 Å². The molecule has 0 spiro atoms. The average Bonchev–Trinajstić information content (AvgIpc) is 2.27. The molecular weight excluding hydrogens is 325 g/mol. The van der Waals surface area contributed by atoms with E-state index in [2.05, 4.69) is 31.0 Å². The number of anilines is 2. The highest BCUT2D eigenvalue weighted by atomic mass is 79.9. The molecule has 100 valence electrons. The van der Waals surface area contributed by atoms with E-state index in [1.165, 1.54) is 18.2 Å². The molecule has 1 aromatic carbocycles. The molecule has 0 aliphatic heterocycles. The minimum absolute atomic E-state index is 0.277. The average molecular weight is 333 g/mol. The summed E-state index contributed by atoms with van der Waals surface area (Å²) in [6, 6.07) is 7.34. The predicted molar refractivity (Wildman–Crippen MR) is 68.3 cm³/mol. The van der Waals surface area contributed by atoms with E-state index in [1.807, 2.05) is 0 Å². The van der Waals surface area contributed by atoms with E-state index in [1.54, 1.807) is 24.5 Å². The zero-order valence-electron chi connectivity index (χ0n) is 9.41. The van der Waals surface area contributed by atoms with Crippen LogP contribution in [0.1, 0.15) is 0 Å². The fraction of sp³-hybridized carbons (Fsp3) is 0.0833. The first-order valence-electron chi connectivity index (χ1n) is 5.16. The van der Waals surface area contributed by atoms with Crippen LogP contribution in [0.5, 0.6) is 5.75 Å². The fourth-order valence-corrected chi connectivity index (χ4v) is 1.78. The van der Waals surface area contributed by atoms with Crippen LogP contribution >= 0.6 is 15.9 Å². The van der Waals surface area contributed by atoms with Gasteiger partial charge in [-0.2, -0.15) is 0 Å². The quantitative estimate of drug-likeness (QED) is 0.899. The molecular formula is C12H8BrF3N2O. The van der Waals surface area contributed by atoms with Gasteiger partial charge < -0.3 is 10.1 Å². The summed E-state index contributed by atoms with van der Waals surface area (Å²) in [6.45, 7) is 0. The molecule has 19 heavy (non-hydrogen) atoms. The first-order chi connectivity index (χ1) is 8.92. The van der Waals surface area contributed by atoms with Crippen LogP contribution in [0.2, 0.25) is 0 Å². The Morgan fingerprint density at radius 3 is 2.58 bits per heavy atom. The molecule has 0 fully saturated rings. The molecule has 1 aromatic heterocycles. The Hall–Kier alpha value is -1.76. The highest BCUT2D eigenvalue weighted by Gasteiger charge is 2.31. The molecule has 0 atom stereocenters. The molecule has 0 aliphatic rings. The standard InChI is InChI=1S/C12H8BrF3N2O/c13-8-4-10(7-17-6-8)18-9-2-1-3-11(5-9)19-12(14,15)16/h1-7,18H. The van der Waals surface area contributed by atoms with Crippen LogP contribution in [0, 0.1) is 0 Å². The predicted octanol–water partition coefficient (Wildman–Crippen LogP) is 4.49. The van der Waals surface area contributed by atoms with Gasteiger partial charge in [0.15, 0.2) is 0 Å². The summed E-state index contributed by atoms with van der Waals surface area (Å²) >= 11 is 3.25. The Morgan fingerprint density at radius 2 is 1.89 bits per heavy atom. The normalized spacial score (nSPS) is 11.2. The lowest BCUT2D eigenvalue weighted by molar-refractivity contribution is -0.274. The number of hydrogen-bond acceptors (Lipinski definition) is 3.